The van der Waals surface area contributed by atoms with Crippen LogP contribution in [0.3, 0.4) is 0 Å². The first-order valence-corrected chi connectivity index (χ1v) is 4.34. The number of pyridine rings is 1. The van der Waals surface area contributed by atoms with Crippen molar-refractivity contribution in [3.05, 3.63) is 54.5 Å². The SMILES string of the molecule is CC1(c2cccnc2)C=CC=CN1. The van der Waals surface area contributed by atoms with Crippen LogP contribution in [0.1, 0.15) is 12.5 Å². The Morgan fingerprint density at radius 3 is 2.92 bits per heavy atom. The predicted octanol–water partition coefficient (Wildman–Crippen LogP) is 1.97. The second-order valence-corrected chi connectivity index (χ2v) is 3.31. The summed E-state index contributed by atoms with van der Waals surface area (Å²) in [6, 6.07) is 4.03. The van der Waals surface area contributed by atoms with Gasteiger partial charge in [0.2, 0.25) is 0 Å². The van der Waals surface area contributed by atoms with E-state index in [1.165, 1.54) is 5.56 Å². The maximum atomic E-state index is 4.11. The predicted molar refractivity (Wildman–Crippen MR) is 53.0 cm³/mol. The molecule has 0 fully saturated rings. The van der Waals surface area contributed by atoms with E-state index in [9.17, 15) is 0 Å². The number of hydrogen-bond acceptors (Lipinski definition) is 2. The van der Waals surface area contributed by atoms with E-state index in [4.69, 9.17) is 0 Å². The van der Waals surface area contributed by atoms with Crippen molar-refractivity contribution in [2.45, 2.75) is 12.5 Å². The van der Waals surface area contributed by atoms with Gasteiger partial charge < -0.3 is 5.32 Å². The molecule has 2 heteroatoms. The highest BCUT2D eigenvalue weighted by atomic mass is 14.9. The van der Waals surface area contributed by atoms with Gasteiger partial charge in [-0.1, -0.05) is 18.2 Å². The molecule has 0 bridgehead atoms. The lowest BCUT2D eigenvalue weighted by atomic mass is 9.92. The normalized spacial score (nSPS) is 25.6. The standard InChI is InChI=1S/C11H12N2/c1-11(6-2-3-8-13-11)10-5-4-7-12-9-10/h2-9,13H,1H3. The van der Waals surface area contributed by atoms with Crippen LogP contribution < -0.4 is 5.32 Å². The van der Waals surface area contributed by atoms with Gasteiger partial charge in [-0.05, 0) is 30.8 Å². The van der Waals surface area contributed by atoms with Crippen molar-refractivity contribution in [2.24, 2.45) is 0 Å². The Bertz CT molecular complexity index is 340. The summed E-state index contributed by atoms with van der Waals surface area (Å²) in [5, 5.41) is 3.30. The summed E-state index contributed by atoms with van der Waals surface area (Å²) in [6.07, 6.45) is 11.8. The van der Waals surface area contributed by atoms with Crippen LogP contribution in [0, 0.1) is 0 Å². The van der Waals surface area contributed by atoms with Crippen LogP contribution in [-0.4, -0.2) is 4.98 Å². The van der Waals surface area contributed by atoms with E-state index in [-0.39, 0.29) is 5.54 Å². The summed E-state index contributed by atoms with van der Waals surface area (Å²) in [4.78, 5) is 4.11. The molecular formula is C11H12N2. The molecule has 0 radical (unpaired) electrons. The van der Waals surface area contributed by atoms with Crippen molar-refractivity contribution < 1.29 is 0 Å². The van der Waals surface area contributed by atoms with Crippen molar-refractivity contribution in [3.8, 4) is 0 Å². The van der Waals surface area contributed by atoms with Crippen LogP contribution in [0.2, 0.25) is 0 Å². The van der Waals surface area contributed by atoms with Gasteiger partial charge in [0.05, 0.1) is 5.54 Å². The minimum Gasteiger partial charge on any atom is -0.378 e. The monoisotopic (exact) mass is 172 g/mol. The number of hydrogen-bond donors (Lipinski definition) is 1. The van der Waals surface area contributed by atoms with E-state index in [1.807, 2.05) is 30.6 Å². The van der Waals surface area contributed by atoms with Crippen molar-refractivity contribution in [1.29, 1.82) is 0 Å². The van der Waals surface area contributed by atoms with Gasteiger partial charge in [-0.15, -0.1) is 0 Å². The molecular weight excluding hydrogens is 160 g/mol. The molecule has 1 unspecified atom stereocenters. The smallest absolute Gasteiger partial charge is 0.0794 e. The third-order valence-corrected chi connectivity index (χ3v) is 2.28. The lowest BCUT2D eigenvalue weighted by Crippen LogP contribution is -2.35. The summed E-state index contributed by atoms with van der Waals surface area (Å²) in [5.41, 5.74) is 1.07. The first-order chi connectivity index (χ1) is 6.31. The molecule has 13 heavy (non-hydrogen) atoms. The Labute approximate surface area is 78.0 Å². The van der Waals surface area contributed by atoms with Crippen LogP contribution in [0.5, 0.6) is 0 Å². The van der Waals surface area contributed by atoms with Crippen molar-refractivity contribution in [2.75, 3.05) is 0 Å². The molecule has 1 N–H and O–H groups in total. The number of nitrogens with zero attached hydrogens (tertiary/aromatic N) is 1. The number of rotatable bonds is 1. The maximum absolute atomic E-state index is 4.11. The third kappa shape index (κ3) is 1.47. The number of dihydropyridines is 1. The minimum atomic E-state index is -0.108. The van der Waals surface area contributed by atoms with Crippen molar-refractivity contribution in [1.82, 2.24) is 10.3 Å². The Hall–Kier alpha value is -1.57. The third-order valence-electron chi connectivity index (χ3n) is 2.28. The zero-order valence-electron chi connectivity index (χ0n) is 7.57. The Morgan fingerprint density at radius 1 is 1.38 bits per heavy atom. The van der Waals surface area contributed by atoms with E-state index in [1.54, 1.807) is 6.20 Å². The highest BCUT2D eigenvalue weighted by molar-refractivity contribution is 5.30. The average molecular weight is 172 g/mol. The van der Waals surface area contributed by atoms with Crippen LogP contribution >= 0.6 is 0 Å². The molecule has 0 spiro atoms. The highest BCUT2D eigenvalue weighted by Gasteiger charge is 2.22. The molecule has 0 aromatic carbocycles. The summed E-state index contributed by atoms with van der Waals surface area (Å²) in [7, 11) is 0. The van der Waals surface area contributed by atoms with E-state index < -0.39 is 0 Å². The van der Waals surface area contributed by atoms with Crippen LogP contribution in [0.15, 0.2) is 49.0 Å². The Balaban J connectivity index is 2.35. The van der Waals surface area contributed by atoms with E-state index in [0.29, 0.717) is 0 Å². The molecule has 1 aromatic heterocycles. The lowest BCUT2D eigenvalue weighted by Gasteiger charge is -2.28. The van der Waals surface area contributed by atoms with Gasteiger partial charge in [0.15, 0.2) is 0 Å². The van der Waals surface area contributed by atoms with Gasteiger partial charge in [-0.3, -0.25) is 4.98 Å². The molecule has 1 aliphatic rings. The molecule has 0 saturated heterocycles. The first-order valence-electron chi connectivity index (χ1n) is 4.34. The highest BCUT2D eigenvalue weighted by Crippen LogP contribution is 2.22. The molecule has 0 aliphatic carbocycles. The molecule has 2 nitrogen and oxygen atoms in total. The second-order valence-electron chi connectivity index (χ2n) is 3.31. The molecule has 1 aromatic rings. The topological polar surface area (TPSA) is 24.9 Å². The van der Waals surface area contributed by atoms with E-state index >= 15 is 0 Å². The molecule has 0 amide bonds. The molecule has 2 rings (SSSR count). The maximum Gasteiger partial charge on any atom is 0.0794 e. The lowest BCUT2D eigenvalue weighted by molar-refractivity contribution is 0.522. The van der Waals surface area contributed by atoms with Crippen LogP contribution in [0.25, 0.3) is 0 Å². The Morgan fingerprint density at radius 2 is 2.31 bits per heavy atom. The molecule has 2 heterocycles. The summed E-state index contributed by atoms with van der Waals surface area (Å²) in [6.45, 7) is 2.13. The zero-order chi connectivity index (χ0) is 9.15. The molecule has 66 valence electrons. The fourth-order valence-corrected chi connectivity index (χ4v) is 1.42. The summed E-state index contributed by atoms with van der Waals surface area (Å²) < 4.78 is 0. The van der Waals surface area contributed by atoms with Gasteiger partial charge in [0.25, 0.3) is 0 Å². The largest absolute Gasteiger partial charge is 0.378 e. The van der Waals surface area contributed by atoms with Gasteiger partial charge in [0, 0.05) is 12.4 Å². The molecule has 1 atom stereocenters. The summed E-state index contributed by atoms with van der Waals surface area (Å²) in [5.74, 6) is 0. The zero-order valence-corrected chi connectivity index (χ0v) is 7.57. The number of aromatic nitrogens is 1. The Kier molecular flexibility index (Phi) is 1.89. The molecule has 1 aliphatic heterocycles. The van der Waals surface area contributed by atoms with Gasteiger partial charge in [-0.2, -0.15) is 0 Å². The first kappa shape index (κ1) is 8.05. The van der Waals surface area contributed by atoms with Crippen molar-refractivity contribution in [3.63, 3.8) is 0 Å². The quantitative estimate of drug-likeness (QED) is 0.700. The molecule has 0 saturated carbocycles. The number of allylic oxidation sites excluding steroid dienone is 2. The van der Waals surface area contributed by atoms with Crippen molar-refractivity contribution >= 4 is 0 Å². The van der Waals surface area contributed by atoms with E-state index in [2.05, 4.69) is 29.4 Å². The number of nitrogens with one attached hydrogen (secondary N) is 1. The van der Waals surface area contributed by atoms with Crippen LogP contribution in [-0.2, 0) is 5.54 Å². The van der Waals surface area contributed by atoms with Gasteiger partial charge >= 0.3 is 0 Å². The van der Waals surface area contributed by atoms with Gasteiger partial charge in [0.1, 0.15) is 0 Å². The fourth-order valence-electron chi connectivity index (χ4n) is 1.42. The second kappa shape index (κ2) is 3.05. The van der Waals surface area contributed by atoms with E-state index in [0.717, 1.165) is 0 Å². The van der Waals surface area contributed by atoms with Gasteiger partial charge in [-0.25, -0.2) is 0 Å². The summed E-state index contributed by atoms with van der Waals surface area (Å²) >= 11 is 0. The van der Waals surface area contributed by atoms with Crippen LogP contribution in [0.4, 0.5) is 0 Å². The fraction of sp³-hybridized carbons (Fsp3) is 0.182. The average Bonchev–Trinajstić information content (AvgIpc) is 2.20. The minimum absolute atomic E-state index is 0.108.